The summed E-state index contributed by atoms with van der Waals surface area (Å²) in [7, 11) is 0. The first-order valence-corrected chi connectivity index (χ1v) is 6.77. The van der Waals surface area contributed by atoms with Gasteiger partial charge < -0.3 is 10.0 Å². The Bertz CT molecular complexity index is 421. The quantitative estimate of drug-likeness (QED) is 0.828. The zero-order valence-electron chi connectivity index (χ0n) is 11.0. The van der Waals surface area contributed by atoms with Crippen molar-refractivity contribution in [3.05, 3.63) is 29.3 Å². The van der Waals surface area contributed by atoms with Gasteiger partial charge in [-0.15, -0.1) is 0 Å². The average molecular weight is 247 g/mol. The summed E-state index contributed by atoms with van der Waals surface area (Å²) < 4.78 is 0. The van der Waals surface area contributed by atoms with Crippen LogP contribution in [-0.2, 0) is 0 Å². The number of rotatable bonds is 1. The topological polar surface area (TPSA) is 40.5 Å². The third-order valence-electron chi connectivity index (χ3n) is 3.58. The molecule has 1 amide bonds. The van der Waals surface area contributed by atoms with Crippen LogP contribution in [0.2, 0.25) is 0 Å². The molecule has 3 heteroatoms. The smallest absolute Gasteiger partial charge is 0.254 e. The summed E-state index contributed by atoms with van der Waals surface area (Å²) in [5, 5.41) is 9.39. The fourth-order valence-corrected chi connectivity index (χ4v) is 2.51. The summed E-state index contributed by atoms with van der Waals surface area (Å²) in [6.45, 7) is 3.59. The number of carbonyl (C=O) groups excluding carboxylic acids is 1. The van der Waals surface area contributed by atoms with E-state index >= 15 is 0 Å². The first-order chi connectivity index (χ1) is 8.68. The Morgan fingerprint density at radius 3 is 2.33 bits per heavy atom. The maximum absolute atomic E-state index is 12.4. The van der Waals surface area contributed by atoms with Crippen LogP contribution in [0.25, 0.3) is 0 Å². The van der Waals surface area contributed by atoms with Crippen molar-refractivity contribution in [2.45, 2.75) is 39.0 Å². The Morgan fingerprint density at radius 1 is 1.11 bits per heavy atom. The highest BCUT2D eigenvalue weighted by Gasteiger charge is 2.18. The maximum Gasteiger partial charge on any atom is 0.254 e. The molecule has 1 fully saturated rings. The second-order valence-corrected chi connectivity index (χ2v) is 5.06. The fraction of sp³-hybridized carbons (Fsp3) is 0.533. The van der Waals surface area contributed by atoms with Gasteiger partial charge in [0.15, 0.2) is 0 Å². The van der Waals surface area contributed by atoms with Crippen LogP contribution in [-0.4, -0.2) is 29.0 Å². The van der Waals surface area contributed by atoms with Gasteiger partial charge in [-0.05, 0) is 43.5 Å². The Morgan fingerprint density at radius 2 is 1.72 bits per heavy atom. The fourth-order valence-electron chi connectivity index (χ4n) is 2.51. The van der Waals surface area contributed by atoms with Crippen molar-refractivity contribution in [3.8, 4) is 5.75 Å². The molecule has 1 N–H and O–H groups in total. The van der Waals surface area contributed by atoms with E-state index in [4.69, 9.17) is 0 Å². The van der Waals surface area contributed by atoms with Gasteiger partial charge in [-0.25, -0.2) is 0 Å². The van der Waals surface area contributed by atoms with Crippen LogP contribution in [0.5, 0.6) is 5.75 Å². The molecule has 0 unspecified atom stereocenters. The highest BCUT2D eigenvalue weighted by atomic mass is 16.3. The molecule has 0 atom stereocenters. The van der Waals surface area contributed by atoms with E-state index in [1.54, 1.807) is 18.2 Å². The van der Waals surface area contributed by atoms with Gasteiger partial charge in [0.05, 0.1) is 0 Å². The van der Waals surface area contributed by atoms with E-state index in [-0.39, 0.29) is 11.7 Å². The first-order valence-electron chi connectivity index (χ1n) is 6.77. The lowest BCUT2D eigenvalue weighted by Gasteiger charge is -2.25. The second kappa shape index (κ2) is 5.89. The van der Waals surface area contributed by atoms with Crippen molar-refractivity contribution < 1.29 is 9.90 Å². The maximum atomic E-state index is 12.4. The Kier molecular flexibility index (Phi) is 4.24. The number of aryl methyl sites for hydroxylation is 1. The number of amides is 1. The molecular formula is C15H21NO2. The van der Waals surface area contributed by atoms with E-state index in [9.17, 15) is 9.90 Å². The van der Waals surface area contributed by atoms with Crippen molar-refractivity contribution in [1.82, 2.24) is 4.90 Å². The number of phenolic OH excluding ortho intramolecular Hbond substituents is 1. The van der Waals surface area contributed by atoms with Crippen LogP contribution in [0.4, 0.5) is 0 Å². The largest absolute Gasteiger partial charge is 0.508 e. The second-order valence-electron chi connectivity index (χ2n) is 5.06. The van der Waals surface area contributed by atoms with Crippen LogP contribution in [0.3, 0.4) is 0 Å². The average Bonchev–Trinajstić information content (AvgIpc) is 2.27. The molecular weight excluding hydrogens is 226 g/mol. The molecule has 1 aliphatic rings. The number of aromatic hydroxyl groups is 1. The standard InChI is InChI=1S/C15H21NO2/c1-12-11-13(17)7-8-14(12)15(18)16-9-5-3-2-4-6-10-16/h7-8,11,17H,2-6,9-10H2,1H3. The molecule has 3 nitrogen and oxygen atoms in total. The molecule has 0 radical (unpaired) electrons. The predicted molar refractivity (Wildman–Crippen MR) is 71.8 cm³/mol. The number of nitrogens with zero attached hydrogens (tertiary/aromatic N) is 1. The normalized spacial score (nSPS) is 17.1. The van der Waals surface area contributed by atoms with E-state index in [0.29, 0.717) is 5.56 Å². The van der Waals surface area contributed by atoms with Crippen LogP contribution < -0.4 is 0 Å². The summed E-state index contributed by atoms with van der Waals surface area (Å²) in [6.07, 6.45) is 5.93. The zero-order valence-corrected chi connectivity index (χ0v) is 11.0. The van der Waals surface area contributed by atoms with Gasteiger partial charge in [0.2, 0.25) is 0 Å². The van der Waals surface area contributed by atoms with Crippen LogP contribution in [0.1, 0.15) is 48.0 Å². The molecule has 1 heterocycles. The first kappa shape index (κ1) is 12.9. The van der Waals surface area contributed by atoms with Gasteiger partial charge in [-0.1, -0.05) is 19.3 Å². The molecule has 0 bridgehead atoms. The minimum atomic E-state index is 0.106. The molecule has 0 saturated carbocycles. The Hall–Kier alpha value is -1.51. The van der Waals surface area contributed by atoms with Gasteiger partial charge in [0.1, 0.15) is 5.75 Å². The highest BCUT2D eigenvalue weighted by Crippen LogP contribution is 2.19. The van der Waals surface area contributed by atoms with Gasteiger partial charge >= 0.3 is 0 Å². The lowest BCUT2D eigenvalue weighted by molar-refractivity contribution is 0.0741. The van der Waals surface area contributed by atoms with Crippen LogP contribution >= 0.6 is 0 Å². The minimum absolute atomic E-state index is 0.106. The Balaban J connectivity index is 2.13. The minimum Gasteiger partial charge on any atom is -0.508 e. The number of hydrogen-bond acceptors (Lipinski definition) is 2. The number of hydrogen-bond donors (Lipinski definition) is 1. The third kappa shape index (κ3) is 3.03. The molecule has 1 saturated heterocycles. The van der Waals surface area contributed by atoms with E-state index in [2.05, 4.69) is 0 Å². The molecule has 0 aliphatic carbocycles. The van der Waals surface area contributed by atoms with E-state index in [1.807, 2.05) is 11.8 Å². The van der Waals surface area contributed by atoms with E-state index in [0.717, 1.165) is 31.5 Å². The number of benzene rings is 1. The predicted octanol–water partition coefficient (Wildman–Crippen LogP) is 3.11. The molecule has 1 aromatic carbocycles. The molecule has 0 spiro atoms. The molecule has 1 aliphatic heterocycles. The summed E-state index contributed by atoms with van der Waals surface area (Å²) in [4.78, 5) is 14.4. The zero-order chi connectivity index (χ0) is 13.0. The number of phenols is 1. The monoisotopic (exact) mass is 247 g/mol. The summed E-state index contributed by atoms with van der Waals surface area (Å²) >= 11 is 0. The summed E-state index contributed by atoms with van der Waals surface area (Å²) in [6, 6.07) is 4.97. The lowest BCUT2D eigenvalue weighted by atomic mass is 10.0. The molecule has 1 aromatic rings. The summed E-state index contributed by atoms with van der Waals surface area (Å²) in [5.74, 6) is 0.325. The molecule has 2 rings (SSSR count). The summed E-state index contributed by atoms with van der Waals surface area (Å²) in [5.41, 5.74) is 1.57. The Labute approximate surface area is 108 Å². The highest BCUT2D eigenvalue weighted by molar-refractivity contribution is 5.95. The number of carbonyl (C=O) groups is 1. The SMILES string of the molecule is Cc1cc(O)ccc1C(=O)N1CCCCCCC1. The van der Waals surface area contributed by atoms with Crippen molar-refractivity contribution >= 4 is 5.91 Å². The van der Waals surface area contributed by atoms with Gasteiger partial charge in [-0.2, -0.15) is 0 Å². The van der Waals surface area contributed by atoms with Gasteiger partial charge in [0, 0.05) is 18.7 Å². The van der Waals surface area contributed by atoms with Crippen molar-refractivity contribution in [2.75, 3.05) is 13.1 Å². The molecule has 0 aromatic heterocycles. The molecule has 18 heavy (non-hydrogen) atoms. The van der Waals surface area contributed by atoms with E-state index < -0.39 is 0 Å². The molecule has 98 valence electrons. The van der Waals surface area contributed by atoms with E-state index in [1.165, 1.54) is 19.3 Å². The van der Waals surface area contributed by atoms with Crippen LogP contribution in [0, 0.1) is 6.92 Å². The van der Waals surface area contributed by atoms with Crippen molar-refractivity contribution in [3.63, 3.8) is 0 Å². The lowest BCUT2D eigenvalue weighted by Crippen LogP contribution is -2.34. The number of likely N-dealkylation sites (tertiary alicyclic amines) is 1. The van der Waals surface area contributed by atoms with Gasteiger partial charge in [-0.3, -0.25) is 4.79 Å². The van der Waals surface area contributed by atoms with Crippen molar-refractivity contribution in [1.29, 1.82) is 0 Å². The third-order valence-corrected chi connectivity index (χ3v) is 3.58. The van der Waals surface area contributed by atoms with Crippen LogP contribution in [0.15, 0.2) is 18.2 Å². The van der Waals surface area contributed by atoms with Crippen molar-refractivity contribution in [2.24, 2.45) is 0 Å². The van der Waals surface area contributed by atoms with Gasteiger partial charge in [0.25, 0.3) is 5.91 Å².